The predicted molar refractivity (Wildman–Crippen MR) is 89.6 cm³/mol. The molecule has 7 nitrogen and oxygen atoms in total. The van der Waals surface area contributed by atoms with E-state index in [1.165, 1.54) is 11.8 Å². The minimum atomic E-state index is -0.656. The topological polar surface area (TPSA) is 88.6 Å². The summed E-state index contributed by atoms with van der Waals surface area (Å²) in [5, 5.41) is 4.52. The molecule has 1 aliphatic rings. The molecule has 2 heterocycles. The van der Waals surface area contributed by atoms with Crippen molar-refractivity contribution >= 4 is 39.8 Å². The second-order valence-corrected chi connectivity index (χ2v) is 6.15. The number of thiazole rings is 1. The normalized spacial score (nSPS) is 16.3. The maximum Gasteiger partial charge on any atom is 0.268 e. The number of benzene rings is 1. The number of nitrogens with zero attached hydrogens (tertiary/aromatic N) is 2. The van der Waals surface area contributed by atoms with Crippen molar-refractivity contribution in [1.29, 1.82) is 0 Å². The standard InChI is InChI=1S/C16H15N3O4S/c1-9(20)11-8-24-16(17-11)18-14(21)7-19-12-5-3-4-6-13(12)23-10(2)15(19)22/h3-6,8,10H,7H2,1-2H3,(H,17,18,21)/t10-/m0/s1. The number of carbonyl (C=O) groups excluding carboxylic acids is 3. The van der Waals surface area contributed by atoms with E-state index in [2.05, 4.69) is 10.3 Å². The summed E-state index contributed by atoms with van der Waals surface area (Å²) >= 11 is 1.16. The lowest BCUT2D eigenvalue weighted by Crippen LogP contribution is -2.47. The van der Waals surface area contributed by atoms with Gasteiger partial charge in [0.15, 0.2) is 17.0 Å². The Hall–Kier alpha value is -2.74. The van der Waals surface area contributed by atoms with Crippen LogP contribution in [0.4, 0.5) is 10.8 Å². The Labute approximate surface area is 142 Å². The van der Waals surface area contributed by atoms with Crippen molar-refractivity contribution in [3.05, 3.63) is 35.3 Å². The Morgan fingerprint density at radius 1 is 1.38 bits per heavy atom. The van der Waals surface area contributed by atoms with Crippen LogP contribution in [0.25, 0.3) is 0 Å². The molecule has 1 aromatic carbocycles. The van der Waals surface area contributed by atoms with Gasteiger partial charge in [-0.3, -0.25) is 19.3 Å². The number of fused-ring (bicyclic) bond motifs is 1. The van der Waals surface area contributed by atoms with E-state index in [1.807, 2.05) is 0 Å². The van der Waals surface area contributed by atoms with Crippen molar-refractivity contribution in [1.82, 2.24) is 4.98 Å². The van der Waals surface area contributed by atoms with Gasteiger partial charge in [0.25, 0.3) is 5.91 Å². The highest BCUT2D eigenvalue weighted by atomic mass is 32.1. The molecule has 1 atom stereocenters. The zero-order valence-electron chi connectivity index (χ0n) is 13.1. The number of anilines is 2. The molecule has 2 amide bonds. The van der Waals surface area contributed by atoms with Gasteiger partial charge in [-0.15, -0.1) is 11.3 Å². The molecule has 24 heavy (non-hydrogen) atoms. The zero-order chi connectivity index (χ0) is 17.3. The molecule has 1 aliphatic heterocycles. The summed E-state index contributed by atoms with van der Waals surface area (Å²) in [7, 11) is 0. The van der Waals surface area contributed by atoms with Gasteiger partial charge < -0.3 is 10.1 Å². The Morgan fingerprint density at radius 2 is 2.12 bits per heavy atom. The van der Waals surface area contributed by atoms with Gasteiger partial charge >= 0.3 is 0 Å². The largest absolute Gasteiger partial charge is 0.479 e. The van der Waals surface area contributed by atoms with Crippen molar-refractivity contribution < 1.29 is 19.1 Å². The lowest BCUT2D eigenvalue weighted by Gasteiger charge is -2.32. The summed E-state index contributed by atoms with van der Waals surface area (Å²) in [6, 6.07) is 7.06. The quantitative estimate of drug-likeness (QED) is 0.857. The molecule has 1 aromatic heterocycles. The van der Waals surface area contributed by atoms with Crippen molar-refractivity contribution in [3.8, 4) is 5.75 Å². The van der Waals surface area contributed by atoms with Crippen LogP contribution < -0.4 is 15.0 Å². The third-order valence-corrected chi connectivity index (χ3v) is 4.24. The van der Waals surface area contributed by atoms with Gasteiger partial charge in [0.1, 0.15) is 18.0 Å². The average molecular weight is 345 g/mol. The van der Waals surface area contributed by atoms with Gasteiger partial charge in [-0.05, 0) is 19.1 Å². The lowest BCUT2D eigenvalue weighted by atomic mass is 10.2. The van der Waals surface area contributed by atoms with Crippen LogP contribution in [0.3, 0.4) is 0 Å². The molecule has 0 radical (unpaired) electrons. The molecule has 0 saturated carbocycles. The van der Waals surface area contributed by atoms with E-state index in [0.29, 0.717) is 22.3 Å². The number of hydrogen-bond acceptors (Lipinski definition) is 6. The Morgan fingerprint density at radius 3 is 2.83 bits per heavy atom. The lowest BCUT2D eigenvalue weighted by molar-refractivity contribution is -0.127. The Balaban J connectivity index is 1.75. The molecular formula is C16H15N3O4S. The first kappa shape index (κ1) is 16.1. The number of para-hydroxylation sites is 2. The van der Waals surface area contributed by atoms with Gasteiger partial charge in [0.2, 0.25) is 5.91 Å². The number of aromatic nitrogens is 1. The summed E-state index contributed by atoms with van der Waals surface area (Å²) in [6.45, 7) is 2.90. The Bertz CT molecular complexity index is 817. The number of Topliss-reactive ketones (excluding diaryl/α,β-unsaturated/α-hetero) is 1. The first-order valence-electron chi connectivity index (χ1n) is 7.29. The number of nitrogens with one attached hydrogen (secondary N) is 1. The minimum absolute atomic E-state index is 0.154. The molecule has 124 valence electrons. The monoisotopic (exact) mass is 345 g/mol. The SMILES string of the molecule is CC(=O)c1csc(NC(=O)CN2C(=O)[C@H](C)Oc3ccccc32)n1. The van der Waals surface area contributed by atoms with E-state index >= 15 is 0 Å². The minimum Gasteiger partial charge on any atom is -0.479 e. The van der Waals surface area contributed by atoms with Gasteiger partial charge in [-0.2, -0.15) is 0 Å². The van der Waals surface area contributed by atoms with E-state index in [-0.39, 0.29) is 18.2 Å². The summed E-state index contributed by atoms with van der Waals surface area (Å²) in [5.74, 6) is -0.285. The maximum absolute atomic E-state index is 12.3. The molecule has 0 saturated heterocycles. The second kappa shape index (κ2) is 6.40. The Kier molecular flexibility index (Phi) is 4.30. The smallest absolute Gasteiger partial charge is 0.268 e. The van der Waals surface area contributed by atoms with Crippen LogP contribution in [0.1, 0.15) is 24.3 Å². The molecule has 0 bridgehead atoms. The van der Waals surface area contributed by atoms with Crippen molar-refractivity contribution in [2.75, 3.05) is 16.8 Å². The van der Waals surface area contributed by atoms with E-state index < -0.39 is 12.0 Å². The van der Waals surface area contributed by atoms with Crippen LogP contribution in [-0.4, -0.2) is 35.2 Å². The summed E-state index contributed by atoms with van der Waals surface area (Å²) in [4.78, 5) is 41.3. The predicted octanol–water partition coefficient (Wildman–Crippen LogP) is 2.10. The third-order valence-electron chi connectivity index (χ3n) is 3.49. The molecule has 3 rings (SSSR count). The third kappa shape index (κ3) is 3.13. The first-order chi connectivity index (χ1) is 11.5. The van der Waals surface area contributed by atoms with Crippen molar-refractivity contribution in [2.24, 2.45) is 0 Å². The molecule has 0 unspecified atom stereocenters. The fourth-order valence-corrected chi connectivity index (χ4v) is 3.08. The van der Waals surface area contributed by atoms with E-state index in [0.717, 1.165) is 11.3 Å². The highest BCUT2D eigenvalue weighted by Gasteiger charge is 2.32. The zero-order valence-corrected chi connectivity index (χ0v) is 13.9. The van der Waals surface area contributed by atoms with Crippen LogP contribution in [0.5, 0.6) is 5.75 Å². The summed E-state index contributed by atoms with van der Waals surface area (Å²) in [5.41, 5.74) is 0.857. The molecule has 2 aromatic rings. The molecule has 0 spiro atoms. The van der Waals surface area contributed by atoms with Crippen LogP contribution in [-0.2, 0) is 9.59 Å². The molecular weight excluding hydrogens is 330 g/mol. The van der Waals surface area contributed by atoms with E-state index in [4.69, 9.17) is 4.74 Å². The van der Waals surface area contributed by atoms with E-state index in [9.17, 15) is 14.4 Å². The van der Waals surface area contributed by atoms with Crippen LogP contribution >= 0.6 is 11.3 Å². The second-order valence-electron chi connectivity index (χ2n) is 5.29. The fourth-order valence-electron chi connectivity index (χ4n) is 2.32. The van der Waals surface area contributed by atoms with E-state index in [1.54, 1.807) is 36.6 Å². The first-order valence-corrected chi connectivity index (χ1v) is 8.17. The summed E-state index contributed by atoms with van der Waals surface area (Å²) in [6.07, 6.45) is -0.656. The fraction of sp³-hybridized carbons (Fsp3) is 0.250. The van der Waals surface area contributed by atoms with Gasteiger partial charge in [-0.25, -0.2) is 4.98 Å². The number of ketones is 1. The van der Waals surface area contributed by atoms with Crippen molar-refractivity contribution in [3.63, 3.8) is 0 Å². The van der Waals surface area contributed by atoms with Crippen LogP contribution in [0.15, 0.2) is 29.6 Å². The van der Waals surface area contributed by atoms with Crippen molar-refractivity contribution in [2.45, 2.75) is 20.0 Å². The molecule has 0 aliphatic carbocycles. The van der Waals surface area contributed by atoms with Gasteiger partial charge in [0, 0.05) is 12.3 Å². The number of rotatable bonds is 4. The number of carbonyl (C=O) groups is 3. The number of amides is 2. The highest BCUT2D eigenvalue weighted by Crippen LogP contribution is 2.33. The summed E-state index contributed by atoms with van der Waals surface area (Å²) < 4.78 is 5.53. The molecule has 8 heteroatoms. The number of hydrogen-bond donors (Lipinski definition) is 1. The number of ether oxygens (including phenoxy) is 1. The average Bonchev–Trinajstić information content (AvgIpc) is 3.00. The highest BCUT2D eigenvalue weighted by molar-refractivity contribution is 7.14. The van der Waals surface area contributed by atoms with Gasteiger partial charge in [-0.1, -0.05) is 12.1 Å². The van der Waals surface area contributed by atoms with Gasteiger partial charge in [0.05, 0.1) is 5.69 Å². The molecule has 0 fully saturated rings. The van der Waals surface area contributed by atoms with Crippen LogP contribution in [0, 0.1) is 0 Å². The maximum atomic E-state index is 12.3. The molecule has 1 N–H and O–H groups in total. The van der Waals surface area contributed by atoms with Crippen LogP contribution in [0.2, 0.25) is 0 Å².